The van der Waals surface area contributed by atoms with Crippen molar-refractivity contribution in [1.29, 1.82) is 0 Å². The van der Waals surface area contributed by atoms with Crippen LogP contribution in [0, 0.1) is 5.41 Å². The van der Waals surface area contributed by atoms with Gasteiger partial charge in [-0.1, -0.05) is 18.5 Å². The Bertz CT molecular complexity index is 817. The Morgan fingerprint density at radius 1 is 1.35 bits per heavy atom. The molecule has 0 unspecified atom stereocenters. The number of halogens is 1. The fourth-order valence-electron chi connectivity index (χ4n) is 4.96. The second-order valence-electron chi connectivity index (χ2n) is 8.69. The summed E-state index contributed by atoms with van der Waals surface area (Å²) in [5, 5.41) is 3.10. The first-order valence-electron chi connectivity index (χ1n) is 11.3. The van der Waals surface area contributed by atoms with E-state index in [1.807, 2.05) is 6.92 Å². The molecule has 2 amide bonds. The molecule has 0 aromatic carbocycles. The van der Waals surface area contributed by atoms with Crippen molar-refractivity contribution in [2.45, 2.75) is 51.5 Å². The number of ether oxygens (including phenoxy) is 2. The minimum atomic E-state index is -0.519. The lowest BCUT2D eigenvalue weighted by Crippen LogP contribution is -2.50. The molecular formula is C22H31ClN4O4. The average molecular weight is 451 g/mol. The molecule has 3 fully saturated rings. The molecule has 9 heteroatoms. The lowest BCUT2D eigenvalue weighted by Gasteiger charge is -2.41. The Morgan fingerprint density at radius 2 is 2.16 bits per heavy atom. The summed E-state index contributed by atoms with van der Waals surface area (Å²) < 4.78 is 10.5. The minimum absolute atomic E-state index is 0.275. The van der Waals surface area contributed by atoms with E-state index in [-0.39, 0.29) is 11.3 Å². The van der Waals surface area contributed by atoms with Gasteiger partial charge < -0.3 is 19.3 Å². The van der Waals surface area contributed by atoms with Gasteiger partial charge in [0.15, 0.2) is 0 Å². The molecule has 4 heterocycles. The van der Waals surface area contributed by atoms with Gasteiger partial charge in [-0.05, 0) is 44.6 Å². The first kappa shape index (κ1) is 22.1. The first-order chi connectivity index (χ1) is 15.0. The van der Waals surface area contributed by atoms with E-state index < -0.39 is 6.09 Å². The van der Waals surface area contributed by atoms with Gasteiger partial charge in [0.2, 0.25) is 5.91 Å². The smallest absolute Gasteiger partial charge is 0.411 e. The maximum Gasteiger partial charge on any atom is 0.411 e. The molecule has 31 heavy (non-hydrogen) atoms. The predicted molar refractivity (Wildman–Crippen MR) is 119 cm³/mol. The van der Waals surface area contributed by atoms with E-state index in [9.17, 15) is 9.59 Å². The molecule has 0 saturated carbocycles. The molecule has 0 radical (unpaired) electrons. The van der Waals surface area contributed by atoms with Crippen LogP contribution < -0.4 is 10.2 Å². The topological polar surface area (TPSA) is 84.0 Å². The fourth-order valence-corrected chi connectivity index (χ4v) is 5.25. The van der Waals surface area contributed by atoms with Crippen molar-refractivity contribution in [2.75, 3.05) is 49.7 Å². The Hall–Kier alpha value is -2.06. The maximum absolute atomic E-state index is 13.4. The van der Waals surface area contributed by atoms with E-state index in [0.717, 1.165) is 64.8 Å². The lowest BCUT2D eigenvalue weighted by molar-refractivity contribution is -0.139. The zero-order valence-corrected chi connectivity index (χ0v) is 18.8. The van der Waals surface area contributed by atoms with E-state index in [0.29, 0.717) is 35.7 Å². The number of hydrogen-bond donors (Lipinski definition) is 1. The third-order valence-corrected chi connectivity index (χ3v) is 6.84. The van der Waals surface area contributed by atoms with Gasteiger partial charge in [0.05, 0.1) is 28.9 Å². The summed E-state index contributed by atoms with van der Waals surface area (Å²) in [6.45, 7) is 6.03. The van der Waals surface area contributed by atoms with Crippen molar-refractivity contribution in [3.8, 4) is 0 Å². The Kier molecular flexibility index (Phi) is 6.86. The number of anilines is 2. The number of rotatable bonds is 5. The van der Waals surface area contributed by atoms with Crippen LogP contribution >= 0.6 is 11.6 Å². The number of carbonyl (C=O) groups is 2. The van der Waals surface area contributed by atoms with Crippen LogP contribution in [-0.4, -0.2) is 67.4 Å². The van der Waals surface area contributed by atoms with Crippen LogP contribution in [0.1, 0.15) is 45.4 Å². The molecule has 1 aromatic heterocycles. The van der Waals surface area contributed by atoms with Crippen molar-refractivity contribution in [1.82, 2.24) is 9.88 Å². The SMILES string of the molecule is CCCOC(=O)Nc1cnc(N2CCC[C@@]3(CCN(C4CCOCC4)C3=O)C2)c(Cl)c1. The van der Waals surface area contributed by atoms with Crippen molar-refractivity contribution < 1.29 is 19.1 Å². The Morgan fingerprint density at radius 3 is 2.90 bits per heavy atom. The molecule has 3 saturated heterocycles. The van der Waals surface area contributed by atoms with Crippen molar-refractivity contribution in [2.24, 2.45) is 5.41 Å². The molecule has 0 aliphatic carbocycles. The zero-order chi connectivity index (χ0) is 21.8. The summed E-state index contributed by atoms with van der Waals surface area (Å²) in [5.41, 5.74) is 0.131. The molecule has 8 nitrogen and oxygen atoms in total. The molecule has 1 spiro atoms. The third-order valence-electron chi connectivity index (χ3n) is 6.56. The second-order valence-corrected chi connectivity index (χ2v) is 9.10. The van der Waals surface area contributed by atoms with E-state index >= 15 is 0 Å². The number of piperidine rings is 1. The predicted octanol–water partition coefficient (Wildman–Crippen LogP) is 3.69. The molecule has 3 aliphatic rings. The molecule has 170 valence electrons. The normalized spacial score (nSPS) is 24.6. The van der Waals surface area contributed by atoms with Gasteiger partial charge in [0, 0.05) is 38.9 Å². The number of pyridine rings is 1. The van der Waals surface area contributed by atoms with E-state index in [4.69, 9.17) is 21.1 Å². The van der Waals surface area contributed by atoms with Crippen LogP contribution in [0.4, 0.5) is 16.3 Å². The van der Waals surface area contributed by atoms with Crippen LogP contribution in [0.5, 0.6) is 0 Å². The molecule has 0 bridgehead atoms. The number of nitrogens with one attached hydrogen (secondary N) is 1. The van der Waals surface area contributed by atoms with Crippen LogP contribution in [0.3, 0.4) is 0 Å². The highest BCUT2D eigenvalue weighted by Crippen LogP contribution is 2.43. The summed E-state index contributed by atoms with van der Waals surface area (Å²) in [6.07, 6.45) is 6.38. The van der Waals surface area contributed by atoms with Gasteiger partial charge in [-0.15, -0.1) is 0 Å². The van der Waals surface area contributed by atoms with Crippen molar-refractivity contribution in [3.63, 3.8) is 0 Å². The highest BCUT2D eigenvalue weighted by atomic mass is 35.5. The largest absolute Gasteiger partial charge is 0.449 e. The van der Waals surface area contributed by atoms with Crippen molar-refractivity contribution in [3.05, 3.63) is 17.3 Å². The van der Waals surface area contributed by atoms with Crippen molar-refractivity contribution >= 4 is 35.1 Å². The summed E-state index contributed by atoms with van der Waals surface area (Å²) in [6, 6.07) is 1.99. The van der Waals surface area contributed by atoms with Crippen LogP contribution in [0.25, 0.3) is 0 Å². The molecule has 3 aliphatic heterocycles. The van der Waals surface area contributed by atoms with Gasteiger partial charge in [-0.2, -0.15) is 0 Å². The number of hydrogen-bond acceptors (Lipinski definition) is 6. The minimum Gasteiger partial charge on any atom is -0.449 e. The Labute approximate surface area is 188 Å². The molecule has 1 atom stereocenters. The van der Waals surface area contributed by atoms with Crippen LogP contribution in [0.2, 0.25) is 5.02 Å². The van der Waals surface area contributed by atoms with Gasteiger partial charge in [0.1, 0.15) is 5.82 Å². The third kappa shape index (κ3) is 4.75. The number of carbonyl (C=O) groups excluding carboxylic acids is 2. The lowest BCUT2D eigenvalue weighted by atomic mass is 9.78. The Balaban J connectivity index is 1.44. The monoisotopic (exact) mass is 450 g/mol. The fraction of sp³-hybridized carbons (Fsp3) is 0.682. The van der Waals surface area contributed by atoms with Crippen LogP contribution in [-0.2, 0) is 14.3 Å². The number of amides is 2. The second kappa shape index (κ2) is 9.61. The molecule has 4 rings (SSSR count). The highest BCUT2D eigenvalue weighted by Gasteiger charge is 2.50. The molecule has 1 aromatic rings. The number of aromatic nitrogens is 1. The molecular weight excluding hydrogens is 420 g/mol. The summed E-state index contributed by atoms with van der Waals surface area (Å²) in [5.74, 6) is 0.933. The van der Waals surface area contributed by atoms with Gasteiger partial charge in [0.25, 0.3) is 0 Å². The van der Waals surface area contributed by atoms with E-state index in [1.165, 1.54) is 0 Å². The summed E-state index contributed by atoms with van der Waals surface area (Å²) in [7, 11) is 0. The summed E-state index contributed by atoms with van der Waals surface area (Å²) >= 11 is 6.53. The van der Waals surface area contributed by atoms with Crippen LogP contribution in [0.15, 0.2) is 12.3 Å². The zero-order valence-electron chi connectivity index (χ0n) is 18.1. The standard InChI is InChI=1S/C22H31ClN4O4/c1-2-10-31-21(29)25-16-13-18(23)19(24-14-16)26-8-3-6-22(15-26)7-9-27(20(22)28)17-4-11-30-12-5-17/h13-14,17H,2-12,15H2,1H3,(H,25,29)/t22-/m1/s1. The average Bonchev–Trinajstić information content (AvgIpc) is 3.08. The van der Waals surface area contributed by atoms with E-state index in [1.54, 1.807) is 12.3 Å². The summed E-state index contributed by atoms with van der Waals surface area (Å²) in [4.78, 5) is 33.9. The maximum atomic E-state index is 13.4. The number of nitrogens with zero attached hydrogens (tertiary/aromatic N) is 3. The number of likely N-dealkylation sites (tertiary alicyclic amines) is 1. The van der Waals surface area contributed by atoms with Gasteiger partial charge >= 0.3 is 6.09 Å². The quantitative estimate of drug-likeness (QED) is 0.736. The molecule has 1 N–H and O–H groups in total. The first-order valence-corrected chi connectivity index (χ1v) is 11.6. The highest BCUT2D eigenvalue weighted by molar-refractivity contribution is 6.33. The van der Waals surface area contributed by atoms with E-state index in [2.05, 4.69) is 20.1 Å². The van der Waals surface area contributed by atoms with Gasteiger partial charge in [-0.25, -0.2) is 9.78 Å². The van der Waals surface area contributed by atoms with Gasteiger partial charge in [-0.3, -0.25) is 10.1 Å².